The SMILES string of the molecule is CCCN(Cc1c(F)ccc(Br)c1F)C1CCNC1. The van der Waals surface area contributed by atoms with Gasteiger partial charge in [0.05, 0.1) is 4.47 Å². The van der Waals surface area contributed by atoms with Crippen molar-refractivity contribution >= 4 is 15.9 Å². The number of nitrogens with one attached hydrogen (secondary N) is 1. The van der Waals surface area contributed by atoms with Gasteiger partial charge in [0.1, 0.15) is 11.6 Å². The summed E-state index contributed by atoms with van der Waals surface area (Å²) in [6, 6.07) is 3.10. The molecule has 2 nitrogen and oxygen atoms in total. The lowest BCUT2D eigenvalue weighted by Gasteiger charge is -2.28. The van der Waals surface area contributed by atoms with Crippen LogP contribution in [0.3, 0.4) is 0 Å². The van der Waals surface area contributed by atoms with Crippen LogP contribution in [0.4, 0.5) is 8.78 Å². The van der Waals surface area contributed by atoms with Crippen molar-refractivity contribution in [2.45, 2.75) is 32.4 Å². The number of rotatable bonds is 5. The van der Waals surface area contributed by atoms with Crippen molar-refractivity contribution in [2.24, 2.45) is 0 Å². The summed E-state index contributed by atoms with van der Waals surface area (Å²) in [5.74, 6) is -0.945. The summed E-state index contributed by atoms with van der Waals surface area (Å²) in [4.78, 5) is 2.17. The van der Waals surface area contributed by atoms with Gasteiger partial charge in [-0.3, -0.25) is 4.90 Å². The highest BCUT2D eigenvalue weighted by Gasteiger charge is 2.24. The van der Waals surface area contributed by atoms with E-state index in [-0.39, 0.29) is 5.56 Å². The summed E-state index contributed by atoms with van der Waals surface area (Å²) < 4.78 is 28.2. The summed E-state index contributed by atoms with van der Waals surface area (Å²) in [7, 11) is 0. The average Bonchev–Trinajstić information content (AvgIpc) is 2.92. The van der Waals surface area contributed by atoms with Gasteiger partial charge in [-0.25, -0.2) is 8.78 Å². The van der Waals surface area contributed by atoms with Crippen molar-refractivity contribution in [3.8, 4) is 0 Å². The quantitative estimate of drug-likeness (QED) is 0.832. The molecule has 5 heteroatoms. The smallest absolute Gasteiger partial charge is 0.144 e. The first-order chi connectivity index (χ1) is 9.13. The molecular formula is C14H19BrF2N2. The highest BCUT2D eigenvalue weighted by molar-refractivity contribution is 9.10. The number of hydrogen-bond donors (Lipinski definition) is 1. The Morgan fingerprint density at radius 3 is 2.84 bits per heavy atom. The van der Waals surface area contributed by atoms with Crippen LogP contribution in [0.2, 0.25) is 0 Å². The maximum Gasteiger partial charge on any atom is 0.144 e. The van der Waals surface area contributed by atoms with E-state index in [1.807, 2.05) is 0 Å². The molecule has 0 aromatic heterocycles. The van der Waals surface area contributed by atoms with E-state index in [0.29, 0.717) is 17.1 Å². The Bertz CT molecular complexity index is 434. The van der Waals surface area contributed by atoms with E-state index in [1.54, 1.807) is 0 Å². The van der Waals surface area contributed by atoms with Crippen LogP contribution in [0.5, 0.6) is 0 Å². The van der Waals surface area contributed by atoms with Crippen LogP contribution in [-0.4, -0.2) is 30.6 Å². The van der Waals surface area contributed by atoms with Gasteiger partial charge in [0.15, 0.2) is 0 Å². The molecule has 0 amide bonds. The van der Waals surface area contributed by atoms with Crippen LogP contribution < -0.4 is 5.32 Å². The first-order valence-electron chi connectivity index (χ1n) is 6.70. The first kappa shape index (κ1) is 14.9. The third-order valence-corrected chi connectivity index (χ3v) is 4.17. The van der Waals surface area contributed by atoms with Gasteiger partial charge < -0.3 is 5.32 Å². The van der Waals surface area contributed by atoms with E-state index in [0.717, 1.165) is 32.5 Å². The molecule has 1 aliphatic heterocycles. The predicted octanol–water partition coefficient (Wildman–Crippen LogP) is 3.30. The van der Waals surface area contributed by atoms with E-state index < -0.39 is 11.6 Å². The molecule has 0 saturated carbocycles. The first-order valence-corrected chi connectivity index (χ1v) is 7.50. The third kappa shape index (κ3) is 3.52. The Hall–Kier alpha value is -0.520. The Labute approximate surface area is 121 Å². The number of nitrogens with zero attached hydrogens (tertiary/aromatic N) is 1. The van der Waals surface area contributed by atoms with Crippen LogP contribution in [0.1, 0.15) is 25.3 Å². The fraction of sp³-hybridized carbons (Fsp3) is 0.571. The monoisotopic (exact) mass is 332 g/mol. The Kier molecular flexibility index (Phi) is 5.30. The van der Waals surface area contributed by atoms with Crippen molar-refractivity contribution in [2.75, 3.05) is 19.6 Å². The molecule has 1 aliphatic rings. The van der Waals surface area contributed by atoms with Crippen LogP contribution in [0, 0.1) is 11.6 Å². The van der Waals surface area contributed by atoms with E-state index in [4.69, 9.17) is 0 Å². The third-order valence-electron chi connectivity index (χ3n) is 3.56. The maximum atomic E-state index is 14.0. The molecule has 1 atom stereocenters. The second kappa shape index (κ2) is 6.77. The van der Waals surface area contributed by atoms with Crippen molar-refractivity contribution in [3.05, 3.63) is 33.8 Å². The molecule has 106 valence electrons. The van der Waals surface area contributed by atoms with Crippen molar-refractivity contribution in [3.63, 3.8) is 0 Å². The zero-order chi connectivity index (χ0) is 13.8. The maximum absolute atomic E-state index is 14.0. The molecule has 0 aliphatic carbocycles. The van der Waals surface area contributed by atoms with Gasteiger partial charge in [0.25, 0.3) is 0 Å². The molecule has 1 aromatic rings. The summed E-state index contributed by atoms with van der Waals surface area (Å²) in [6.07, 6.45) is 2.02. The minimum atomic E-state index is -0.480. The lowest BCUT2D eigenvalue weighted by molar-refractivity contribution is 0.194. The minimum absolute atomic E-state index is 0.162. The largest absolute Gasteiger partial charge is 0.315 e. The molecule has 19 heavy (non-hydrogen) atoms. The lowest BCUT2D eigenvalue weighted by Crippen LogP contribution is -2.37. The standard InChI is InChI=1S/C14H19BrF2N2/c1-2-7-19(10-5-6-18-8-10)9-11-13(16)4-3-12(15)14(11)17/h3-4,10,18H,2,5-9H2,1H3. The summed E-state index contributed by atoms with van der Waals surface area (Å²) >= 11 is 3.12. The number of hydrogen-bond acceptors (Lipinski definition) is 2. The molecule has 1 heterocycles. The Morgan fingerprint density at radius 2 is 2.21 bits per heavy atom. The van der Waals surface area contributed by atoms with Crippen molar-refractivity contribution in [1.82, 2.24) is 10.2 Å². The van der Waals surface area contributed by atoms with Crippen LogP contribution in [0.25, 0.3) is 0 Å². The Morgan fingerprint density at radius 1 is 1.42 bits per heavy atom. The molecule has 1 N–H and O–H groups in total. The zero-order valence-corrected chi connectivity index (χ0v) is 12.6. The normalized spacial score (nSPS) is 19.3. The summed E-state index contributed by atoms with van der Waals surface area (Å²) in [6.45, 7) is 5.16. The molecule has 0 bridgehead atoms. The van der Waals surface area contributed by atoms with Crippen molar-refractivity contribution in [1.29, 1.82) is 0 Å². The summed E-state index contributed by atoms with van der Waals surface area (Å²) in [5, 5.41) is 3.30. The average molecular weight is 333 g/mol. The molecule has 1 saturated heterocycles. The van der Waals surface area contributed by atoms with Gasteiger partial charge in [-0.15, -0.1) is 0 Å². The van der Waals surface area contributed by atoms with Crippen LogP contribution >= 0.6 is 15.9 Å². The van der Waals surface area contributed by atoms with Gasteiger partial charge in [0.2, 0.25) is 0 Å². The van der Waals surface area contributed by atoms with Gasteiger partial charge in [-0.2, -0.15) is 0 Å². The molecule has 1 fully saturated rings. The second-order valence-corrected chi connectivity index (χ2v) is 5.79. The number of benzene rings is 1. The molecular weight excluding hydrogens is 314 g/mol. The lowest BCUT2D eigenvalue weighted by atomic mass is 10.1. The molecule has 1 unspecified atom stereocenters. The van der Waals surface area contributed by atoms with Crippen LogP contribution in [0.15, 0.2) is 16.6 Å². The Balaban J connectivity index is 2.18. The molecule has 0 spiro atoms. The van der Waals surface area contributed by atoms with Gasteiger partial charge >= 0.3 is 0 Å². The minimum Gasteiger partial charge on any atom is -0.315 e. The van der Waals surface area contributed by atoms with E-state index in [9.17, 15) is 8.78 Å². The predicted molar refractivity (Wildman–Crippen MR) is 76.0 cm³/mol. The van der Waals surface area contributed by atoms with E-state index in [2.05, 4.69) is 33.1 Å². The van der Waals surface area contributed by atoms with E-state index >= 15 is 0 Å². The summed E-state index contributed by atoms with van der Waals surface area (Å²) in [5.41, 5.74) is 0.162. The molecule has 2 rings (SSSR count). The van der Waals surface area contributed by atoms with Gasteiger partial charge in [-0.1, -0.05) is 6.92 Å². The second-order valence-electron chi connectivity index (χ2n) is 4.94. The zero-order valence-electron chi connectivity index (χ0n) is 11.1. The highest BCUT2D eigenvalue weighted by atomic mass is 79.9. The fourth-order valence-electron chi connectivity index (χ4n) is 2.55. The topological polar surface area (TPSA) is 15.3 Å². The van der Waals surface area contributed by atoms with E-state index in [1.165, 1.54) is 12.1 Å². The van der Waals surface area contributed by atoms with Crippen molar-refractivity contribution < 1.29 is 8.78 Å². The number of halogens is 3. The van der Waals surface area contributed by atoms with Gasteiger partial charge in [0, 0.05) is 24.7 Å². The molecule has 1 aromatic carbocycles. The fourth-order valence-corrected chi connectivity index (χ4v) is 2.92. The van der Waals surface area contributed by atoms with Gasteiger partial charge in [-0.05, 0) is 54.0 Å². The highest BCUT2D eigenvalue weighted by Crippen LogP contribution is 2.24. The van der Waals surface area contributed by atoms with Crippen LogP contribution in [-0.2, 0) is 6.54 Å². The molecule has 0 radical (unpaired) electrons.